The molecule has 2 N–H and O–H groups in total. The van der Waals surface area contributed by atoms with Crippen LogP contribution in [0.15, 0.2) is 0 Å². The number of hydrogen-bond donors (Lipinski definition) is 2. The molecule has 1 rings (SSSR count). The van der Waals surface area contributed by atoms with Crippen molar-refractivity contribution >= 4 is 11.9 Å². The lowest BCUT2D eigenvalue weighted by Crippen LogP contribution is -2.31. The van der Waals surface area contributed by atoms with Crippen LogP contribution in [0.3, 0.4) is 0 Å². The number of amides is 1. The zero-order valence-electron chi connectivity index (χ0n) is 7.58. The molecule has 1 aliphatic rings. The molecular formula is C9H15NO3. The molecule has 0 bridgehead atoms. The number of carbonyl (C=O) groups excluding carboxylic acids is 1. The molecule has 0 aliphatic heterocycles. The van der Waals surface area contributed by atoms with Gasteiger partial charge in [0.05, 0.1) is 6.42 Å². The van der Waals surface area contributed by atoms with Crippen LogP contribution < -0.4 is 5.32 Å². The third kappa shape index (κ3) is 3.44. The first kappa shape index (κ1) is 10.0. The van der Waals surface area contributed by atoms with Gasteiger partial charge in [0.15, 0.2) is 0 Å². The molecule has 0 atom stereocenters. The van der Waals surface area contributed by atoms with Crippen molar-refractivity contribution in [3.05, 3.63) is 0 Å². The van der Waals surface area contributed by atoms with Crippen LogP contribution in [0, 0.1) is 5.92 Å². The van der Waals surface area contributed by atoms with E-state index < -0.39 is 5.97 Å². The fraction of sp³-hybridized carbons (Fsp3) is 0.778. The molecule has 0 saturated heterocycles. The quantitative estimate of drug-likeness (QED) is 0.679. The Morgan fingerprint density at radius 3 is 2.46 bits per heavy atom. The Morgan fingerprint density at radius 1 is 1.31 bits per heavy atom. The lowest BCUT2D eigenvalue weighted by Gasteiger charge is -2.08. The minimum atomic E-state index is -0.869. The number of hydrogen-bond acceptors (Lipinski definition) is 2. The van der Waals surface area contributed by atoms with E-state index in [0.29, 0.717) is 0 Å². The van der Waals surface area contributed by atoms with E-state index in [-0.39, 0.29) is 24.8 Å². The lowest BCUT2D eigenvalue weighted by atomic mass is 10.1. The zero-order valence-corrected chi connectivity index (χ0v) is 7.58. The largest absolute Gasteiger partial charge is 0.481 e. The molecule has 1 aliphatic carbocycles. The van der Waals surface area contributed by atoms with Crippen molar-refractivity contribution in [2.75, 3.05) is 6.54 Å². The number of aliphatic carboxylic acids is 1. The Balaban J connectivity index is 2.13. The van der Waals surface area contributed by atoms with Crippen molar-refractivity contribution in [2.45, 2.75) is 32.1 Å². The summed E-state index contributed by atoms with van der Waals surface area (Å²) in [6.45, 7) is 0.255. The summed E-state index contributed by atoms with van der Waals surface area (Å²) in [6, 6.07) is 0. The maximum atomic E-state index is 11.3. The van der Waals surface area contributed by atoms with Gasteiger partial charge < -0.3 is 10.4 Å². The second-order valence-electron chi connectivity index (χ2n) is 3.42. The number of rotatable bonds is 4. The molecule has 74 valence electrons. The summed E-state index contributed by atoms with van der Waals surface area (Å²) in [5.41, 5.74) is 0. The van der Waals surface area contributed by atoms with Crippen LogP contribution in [-0.2, 0) is 9.59 Å². The molecule has 0 heterocycles. The Hall–Kier alpha value is -1.06. The summed E-state index contributed by atoms with van der Waals surface area (Å²) in [6.07, 6.45) is 4.17. The predicted molar refractivity (Wildman–Crippen MR) is 47.2 cm³/mol. The Morgan fingerprint density at radius 2 is 1.92 bits per heavy atom. The third-order valence-corrected chi connectivity index (χ3v) is 2.36. The van der Waals surface area contributed by atoms with Gasteiger partial charge in [-0.2, -0.15) is 0 Å². The molecule has 4 heteroatoms. The van der Waals surface area contributed by atoms with E-state index in [1.165, 1.54) is 0 Å². The highest BCUT2D eigenvalue weighted by Gasteiger charge is 2.21. The van der Waals surface area contributed by atoms with Gasteiger partial charge in [0, 0.05) is 12.5 Å². The third-order valence-electron chi connectivity index (χ3n) is 2.36. The van der Waals surface area contributed by atoms with E-state index in [4.69, 9.17) is 5.11 Å². The van der Waals surface area contributed by atoms with E-state index in [1.54, 1.807) is 0 Å². The predicted octanol–water partition coefficient (Wildman–Crippen LogP) is 0.767. The van der Waals surface area contributed by atoms with Crippen molar-refractivity contribution in [3.8, 4) is 0 Å². The Bertz CT molecular complexity index is 197. The van der Waals surface area contributed by atoms with Gasteiger partial charge >= 0.3 is 5.97 Å². The van der Waals surface area contributed by atoms with Crippen molar-refractivity contribution in [2.24, 2.45) is 5.92 Å². The molecule has 0 aromatic heterocycles. The second-order valence-corrected chi connectivity index (χ2v) is 3.42. The SMILES string of the molecule is O=C(O)CCNC(=O)C1CCCC1. The van der Waals surface area contributed by atoms with E-state index in [9.17, 15) is 9.59 Å². The smallest absolute Gasteiger partial charge is 0.305 e. The van der Waals surface area contributed by atoms with Gasteiger partial charge in [-0.05, 0) is 12.8 Å². The maximum absolute atomic E-state index is 11.3. The normalized spacial score (nSPS) is 17.2. The molecule has 0 spiro atoms. The Labute approximate surface area is 77.3 Å². The highest BCUT2D eigenvalue weighted by Crippen LogP contribution is 2.24. The van der Waals surface area contributed by atoms with E-state index >= 15 is 0 Å². The average Bonchev–Trinajstić information content (AvgIpc) is 2.55. The highest BCUT2D eigenvalue weighted by molar-refractivity contribution is 5.79. The fourth-order valence-electron chi connectivity index (χ4n) is 1.62. The van der Waals surface area contributed by atoms with Crippen molar-refractivity contribution in [1.29, 1.82) is 0 Å². The van der Waals surface area contributed by atoms with Crippen molar-refractivity contribution < 1.29 is 14.7 Å². The topological polar surface area (TPSA) is 66.4 Å². The second kappa shape index (κ2) is 4.84. The first-order chi connectivity index (χ1) is 6.20. The molecule has 4 nitrogen and oxygen atoms in total. The molecular weight excluding hydrogens is 170 g/mol. The summed E-state index contributed by atoms with van der Waals surface area (Å²) in [7, 11) is 0. The number of carboxylic acids is 1. The van der Waals surface area contributed by atoms with Gasteiger partial charge in [-0.1, -0.05) is 12.8 Å². The van der Waals surface area contributed by atoms with Gasteiger partial charge in [0.1, 0.15) is 0 Å². The monoisotopic (exact) mass is 185 g/mol. The molecule has 0 aromatic rings. The molecule has 1 amide bonds. The summed E-state index contributed by atoms with van der Waals surface area (Å²) in [4.78, 5) is 21.5. The van der Waals surface area contributed by atoms with Gasteiger partial charge in [-0.25, -0.2) is 0 Å². The molecule has 13 heavy (non-hydrogen) atoms. The molecule has 1 saturated carbocycles. The average molecular weight is 185 g/mol. The summed E-state index contributed by atoms with van der Waals surface area (Å²) in [5, 5.41) is 11.0. The van der Waals surface area contributed by atoms with Crippen LogP contribution in [0.2, 0.25) is 0 Å². The summed E-state index contributed by atoms with van der Waals surface area (Å²) < 4.78 is 0. The molecule has 0 aromatic carbocycles. The number of carbonyl (C=O) groups is 2. The van der Waals surface area contributed by atoms with Gasteiger partial charge in [0.25, 0.3) is 0 Å². The van der Waals surface area contributed by atoms with Crippen LogP contribution in [0.1, 0.15) is 32.1 Å². The van der Waals surface area contributed by atoms with Crippen LogP contribution in [0.4, 0.5) is 0 Å². The number of nitrogens with one attached hydrogen (secondary N) is 1. The van der Waals surface area contributed by atoms with Crippen LogP contribution in [0.5, 0.6) is 0 Å². The highest BCUT2D eigenvalue weighted by atomic mass is 16.4. The van der Waals surface area contributed by atoms with Gasteiger partial charge in [-0.15, -0.1) is 0 Å². The van der Waals surface area contributed by atoms with Crippen molar-refractivity contribution in [1.82, 2.24) is 5.32 Å². The zero-order chi connectivity index (χ0) is 9.68. The van der Waals surface area contributed by atoms with E-state index in [1.807, 2.05) is 0 Å². The standard InChI is InChI=1S/C9H15NO3/c11-8(12)5-6-10-9(13)7-3-1-2-4-7/h7H,1-6H2,(H,10,13)(H,11,12). The fourth-order valence-corrected chi connectivity index (χ4v) is 1.62. The molecule has 0 unspecified atom stereocenters. The van der Waals surface area contributed by atoms with E-state index in [0.717, 1.165) is 25.7 Å². The lowest BCUT2D eigenvalue weighted by molar-refractivity contribution is -0.137. The van der Waals surface area contributed by atoms with Crippen LogP contribution >= 0.6 is 0 Å². The maximum Gasteiger partial charge on any atom is 0.305 e. The first-order valence-corrected chi connectivity index (χ1v) is 4.69. The molecule has 0 radical (unpaired) electrons. The minimum Gasteiger partial charge on any atom is -0.481 e. The van der Waals surface area contributed by atoms with Crippen LogP contribution in [-0.4, -0.2) is 23.5 Å². The first-order valence-electron chi connectivity index (χ1n) is 4.69. The van der Waals surface area contributed by atoms with Crippen molar-refractivity contribution in [3.63, 3.8) is 0 Å². The van der Waals surface area contributed by atoms with Gasteiger partial charge in [-0.3, -0.25) is 9.59 Å². The molecule has 1 fully saturated rings. The van der Waals surface area contributed by atoms with E-state index in [2.05, 4.69) is 5.32 Å². The number of carboxylic acid groups (broad SMARTS) is 1. The van der Waals surface area contributed by atoms with Gasteiger partial charge in [0.2, 0.25) is 5.91 Å². The Kier molecular flexibility index (Phi) is 3.73. The summed E-state index contributed by atoms with van der Waals surface area (Å²) >= 11 is 0. The van der Waals surface area contributed by atoms with Crippen LogP contribution in [0.25, 0.3) is 0 Å². The summed E-state index contributed by atoms with van der Waals surface area (Å²) in [5.74, 6) is -0.709. The minimum absolute atomic E-state index is 0.0124.